The number of hydrogen-bond acceptors (Lipinski definition) is 3. The predicted octanol–water partition coefficient (Wildman–Crippen LogP) is 2.24. The average molecular weight is 259 g/mol. The summed E-state index contributed by atoms with van der Waals surface area (Å²) in [5.74, 6) is 1.05. The summed E-state index contributed by atoms with van der Waals surface area (Å²) in [6.45, 7) is 0.485. The van der Waals surface area contributed by atoms with Crippen LogP contribution in [0.5, 0.6) is 0 Å². The van der Waals surface area contributed by atoms with E-state index in [0.29, 0.717) is 13.0 Å². The average Bonchev–Trinajstić information content (AvgIpc) is 3.05. The van der Waals surface area contributed by atoms with Crippen LogP contribution in [0.4, 0.5) is 0 Å². The quantitative estimate of drug-likeness (QED) is 0.835. The van der Waals surface area contributed by atoms with Crippen molar-refractivity contribution < 1.29 is 14.4 Å². The van der Waals surface area contributed by atoms with Gasteiger partial charge in [-0.25, -0.2) is 5.06 Å². The molecule has 1 aromatic carbocycles. The van der Waals surface area contributed by atoms with E-state index in [9.17, 15) is 4.79 Å². The zero-order valence-electron chi connectivity index (χ0n) is 10.9. The van der Waals surface area contributed by atoms with Crippen molar-refractivity contribution >= 4 is 5.91 Å². The highest BCUT2D eigenvalue weighted by Crippen LogP contribution is 2.39. The molecule has 0 bridgehead atoms. The van der Waals surface area contributed by atoms with Gasteiger partial charge in [-0.15, -0.1) is 0 Å². The van der Waals surface area contributed by atoms with Crippen molar-refractivity contribution in [3.05, 3.63) is 47.7 Å². The molecule has 100 valence electrons. The van der Waals surface area contributed by atoms with E-state index in [1.807, 2.05) is 18.2 Å². The molecule has 1 fully saturated rings. The van der Waals surface area contributed by atoms with Crippen LogP contribution >= 0.6 is 0 Å². The third kappa shape index (κ3) is 2.12. The molecule has 0 radical (unpaired) electrons. The Balaban J connectivity index is 1.91. The minimum Gasteiger partial charge on any atom is -0.501 e. The maximum Gasteiger partial charge on any atom is 0.248 e. The van der Waals surface area contributed by atoms with Gasteiger partial charge in [-0.1, -0.05) is 30.3 Å². The number of ether oxygens (including phenoxy) is 1. The normalized spacial score (nSPS) is 26.7. The van der Waals surface area contributed by atoms with E-state index in [-0.39, 0.29) is 17.9 Å². The highest BCUT2D eigenvalue weighted by Gasteiger charge is 2.40. The van der Waals surface area contributed by atoms with Gasteiger partial charge in [-0.3, -0.25) is 9.63 Å². The topological polar surface area (TPSA) is 38.8 Å². The fraction of sp³-hybridized carbons (Fsp3) is 0.400. The van der Waals surface area contributed by atoms with Gasteiger partial charge in [0.15, 0.2) is 0 Å². The Morgan fingerprint density at radius 3 is 2.74 bits per heavy atom. The van der Waals surface area contributed by atoms with E-state index in [2.05, 4.69) is 18.2 Å². The van der Waals surface area contributed by atoms with E-state index >= 15 is 0 Å². The molecule has 1 aliphatic carbocycles. The minimum atomic E-state index is 0.00681. The maximum atomic E-state index is 11.9. The lowest BCUT2D eigenvalue weighted by molar-refractivity contribution is -0.174. The van der Waals surface area contributed by atoms with Crippen LogP contribution in [0.15, 0.2) is 42.2 Å². The summed E-state index contributed by atoms with van der Waals surface area (Å²) in [7, 11) is 1.68. The van der Waals surface area contributed by atoms with E-state index in [4.69, 9.17) is 9.57 Å². The van der Waals surface area contributed by atoms with Crippen molar-refractivity contribution in [3.63, 3.8) is 0 Å². The molecule has 0 spiro atoms. The Hall–Kier alpha value is -1.81. The van der Waals surface area contributed by atoms with Crippen LogP contribution in [0, 0.1) is 0 Å². The molecule has 1 saturated heterocycles. The second-order valence-corrected chi connectivity index (χ2v) is 4.80. The number of nitrogens with zero attached hydrogens (tertiary/aromatic N) is 1. The number of hydrogen-bond donors (Lipinski definition) is 0. The molecule has 1 amide bonds. The summed E-state index contributed by atoms with van der Waals surface area (Å²) in [5.41, 5.74) is 1.15. The maximum absolute atomic E-state index is 11.9. The number of methoxy groups -OCH3 is 1. The summed E-state index contributed by atoms with van der Waals surface area (Å²) in [6.07, 6.45) is 3.30. The molecular weight excluding hydrogens is 242 g/mol. The summed E-state index contributed by atoms with van der Waals surface area (Å²) in [6, 6.07) is 10.1. The summed E-state index contributed by atoms with van der Waals surface area (Å²) in [5, 5.41) is 1.54. The fourth-order valence-corrected chi connectivity index (χ4v) is 2.87. The van der Waals surface area contributed by atoms with E-state index in [1.165, 1.54) is 0 Å². The summed E-state index contributed by atoms with van der Waals surface area (Å²) < 4.78 is 5.47. The van der Waals surface area contributed by atoms with Crippen molar-refractivity contribution in [2.24, 2.45) is 0 Å². The van der Waals surface area contributed by atoms with Crippen molar-refractivity contribution in [3.8, 4) is 0 Å². The molecular formula is C15H17NO3. The number of amides is 1. The molecule has 19 heavy (non-hydrogen) atoms. The molecule has 0 N–H and O–H groups in total. The Bertz CT molecular complexity index is 497. The van der Waals surface area contributed by atoms with Gasteiger partial charge < -0.3 is 4.74 Å². The lowest BCUT2D eigenvalue weighted by Crippen LogP contribution is -2.38. The second kappa shape index (κ2) is 5.05. The highest BCUT2D eigenvalue weighted by atomic mass is 16.7. The number of carbonyl (C=O) groups is 1. The third-order valence-corrected chi connectivity index (χ3v) is 3.74. The van der Waals surface area contributed by atoms with Crippen LogP contribution in [0.1, 0.15) is 24.3 Å². The van der Waals surface area contributed by atoms with Gasteiger partial charge in [0.1, 0.15) is 5.76 Å². The van der Waals surface area contributed by atoms with Crippen molar-refractivity contribution in [1.82, 2.24) is 5.06 Å². The Labute approximate surface area is 112 Å². The molecule has 1 aromatic rings. The molecule has 0 saturated carbocycles. The highest BCUT2D eigenvalue weighted by molar-refractivity contribution is 5.77. The number of carbonyl (C=O) groups excluding carboxylic acids is 1. The fourth-order valence-electron chi connectivity index (χ4n) is 2.87. The molecule has 1 heterocycles. The first-order chi connectivity index (χ1) is 9.31. The third-order valence-electron chi connectivity index (χ3n) is 3.74. The van der Waals surface area contributed by atoms with Gasteiger partial charge in [0, 0.05) is 0 Å². The zero-order chi connectivity index (χ0) is 13.2. The van der Waals surface area contributed by atoms with E-state index in [0.717, 1.165) is 17.7 Å². The molecule has 2 atom stereocenters. The number of hydroxylamine groups is 2. The molecule has 3 rings (SSSR count). The Kier molecular flexibility index (Phi) is 3.25. The van der Waals surface area contributed by atoms with Crippen LogP contribution in [0.3, 0.4) is 0 Å². The standard InChI is InChI=1S/C15H17NO3/c1-18-13-8-7-12(16-14(17)9-10-19-16)15(13)11-5-3-2-4-6-11/h2-6,8,12,15H,7,9-10H2,1H3/t12-,15+/m0/s1. The summed E-state index contributed by atoms with van der Waals surface area (Å²) in [4.78, 5) is 17.4. The van der Waals surface area contributed by atoms with Crippen molar-refractivity contribution in [1.29, 1.82) is 0 Å². The monoisotopic (exact) mass is 259 g/mol. The predicted molar refractivity (Wildman–Crippen MR) is 70.1 cm³/mol. The SMILES string of the molecule is COC1=CC[C@H](N2OCCC2=O)[C@H]1c1ccccc1. The molecule has 2 aliphatic rings. The van der Waals surface area contributed by atoms with Gasteiger partial charge >= 0.3 is 0 Å². The van der Waals surface area contributed by atoms with Crippen molar-refractivity contribution in [2.75, 3.05) is 13.7 Å². The Morgan fingerprint density at radius 2 is 2.11 bits per heavy atom. The first kappa shape index (κ1) is 12.2. The molecule has 4 heteroatoms. The number of benzene rings is 1. The van der Waals surface area contributed by atoms with Crippen LogP contribution in [0.2, 0.25) is 0 Å². The zero-order valence-corrected chi connectivity index (χ0v) is 10.9. The van der Waals surface area contributed by atoms with Gasteiger partial charge in [0.2, 0.25) is 5.91 Å². The van der Waals surface area contributed by atoms with E-state index in [1.54, 1.807) is 12.2 Å². The molecule has 0 aromatic heterocycles. The smallest absolute Gasteiger partial charge is 0.248 e. The first-order valence-corrected chi connectivity index (χ1v) is 6.55. The summed E-state index contributed by atoms with van der Waals surface area (Å²) >= 11 is 0. The Morgan fingerprint density at radius 1 is 1.32 bits per heavy atom. The van der Waals surface area contributed by atoms with Gasteiger partial charge in [0.05, 0.1) is 32.1 Å². The molecule has 4 nitrogen and oxygen atoms in total. The van der Waals surface area contributed by atoms with Crippen LogP contribution < -0.4 is 0 Å². The first-order valence-electron chi connectivity index (χ1n) is 6.55. The van der Waals surface area contributed by atoms with Crippen LogP contribution in [-0.4, -0.2) is 30.7 Å². The van der Waals surface area contributed by atoms with Gasteiger partial charge in [0.25, 0.3) is 0 Å². The van der Waals surface area contributed by atoms with Gasteiger partial charge in [-0.2, -0.15) is 0 Å². The number of rotatable bonds is 3. The molecule has 1 aliphatic heterocycles. The lowest BCUT2D eigenvalue weighted by Gasteiger charge is -2.29. The van der Waals surface area contributed by atoms with Crippen molar-refractivity contribution in [2.45, 2.75) is 24.8 Å². The van der Waals surface area contributed by atoms with Gasteiger partial charge in [-0.05, 0) is 18.1 Å². The lowest BCUT2D eigenvalue weighted by atomic mass is 9.93. The largest absolute Gasteiger partial charge is 0.501 e. The second-order valence-electron chi connectivity index (χ2n) is 4.80. The van der Waals surface area contributed by atoms with E-state index < -0.39 is 0 Å². The molecule has 0 unspecified atom stereocenters. The minimum absolute atomic E-state index is 0.00681. The van der Waals surface area contributed by atoms with Crippen LogP contribution in [0.25, 0.3) is 0 Å². The van der Waals surface area contributed by atoms with Crippen LogP contribution in [-0.2, 0) is 14.4 Å².